The standard InChI is InChI=1S/C15H22ClN/c1-14(2,3)17-11-15(8-5-9-15)12-6-4-7-13(16)10-12/h4,6-7,10,17H,5,8-9,11H2,1-3H3. The minimum atomic E-state index is 0.182. The molecule has 0 aromatic heterocycles. The van der Waals surface area contributed by atoms with Gasteiger partial charge in [0.15, 0.2) is 0 Å². The Balaban J connectivity index is 2.14. The molecule has 94 valence electrons. The Hall–Kier alpha value is -0.530. The van der Waals surface area contributed by atoms with Gasteiger partial charge in [0.05, 0.1) is 0 Å². The monoisotopic (exact) mass is 251 g/mol. The highest BCUT2D eigenvalue weighted by molar-refractivity contribution is 6.30. The molecular formula is C15H22ClN. The lowest BCUT2D eigenvalue weighted by molar-refractivity contribution is 0.213. The third-order valence-corrected chi connectivity index (χ3v) is 3.94. The van der Waals surface area contributed by atoms with Gasteiger partial charge in [0.1, 0.15) is 0 Å². The van der Waals surface area contributed by atoms with Crippen LogP contribution in [0, 0.1) is 0 Å². The highest BCUT2D eigenvalue weighted by Gasteiger charge is 2.39. The molecule has 1 aliphatic carbocycles. The molecular weight excluding hydrogens is 230 g/mol. The van der Waals surface area contributed by atoms with E-state index in [9.17, 15) is 0 Å². The minimum Gasteiger partial charge on any atom is -0.311 e. The van der Waals surface area contributed by atoms with Crippen molar-refractivity contribution in [3.63, 3.8) is 0 Å². The van der Waals surface area contributed by atoms with Crippen LogP contribution in [0.2, 0.25) is 5.02 Å². The van der Waals surface area contributed by atoms with Crippen molar-refractivity contribution in [1.29, 1.82) is 0 Å². The largest absolute Gasteiger partial charge is 0.311 e. The lowest BCUT2D eigenvalue weighted by atomic mass is 9.64. The first-order chi connectivity index (χ1) is 7.91. The van der Waals surface area contributed by atoms with Crippen molar-refractivity contribution in [2.45, 2.75) is 51.0 Å². The third kappa shape index (κ3) is 3.02. The van der Waals surface area contributed by atoms with Crippen molar-refractivity contribution in [1.82, 2.24) is 5.32 Å². The van der Waals surface area contributed by atoms with Crippen molar-refractivity contribution in [3.8, 4) is 0 Å². The number of hydrogen-bond donors (Lipinski definition) is 1. The summed E-state index contributed by atoms with van der Waals surface area (Å²) in [7, 11) is 0. The normalized spacial score (nSPS) is 18.8. The van der Waals surface area contributed by atoms with Gasteiger partial charge < -0.3 is 5.32 Å². The second-order valence-electron chi connectivity index (χ2n) is 6.25. The van der Waals surface area contributed by atoms with Crippen molar-refractivity contribution < 1.29 is 0 Å². The average Bonchev–Trinajstić information content (AvgIpc) is 2.14. The second-order valence-corrected chi connectivity index (χ2v) is 6.68. The summed E-state index contributed by atoms with van der Waals surface area (Å²) in [4.78, 5) is 0. The summed E-state index contributed by atoms with van der Waals surface area (Å²) in [5, 5.41) is 4.49. The molecule has 1 fully saturated rings. The second kappa shape index (κ2) is 4.62. The molecule has 1 nitrogen and oxygen atoms in total. The fourth-order valence-corrected chi connectivity index (χ4v) is 2.61. The lowest BCUT2D eigenvalue weighted by Crippen LogP contribution is -2.49. The zero-order chi connectivity index (χ0) is 12.5. The quantitative estimate of drug-likeness (QED) is 0.851. The molecule has 0 spiro atoms. The van der Waals surface area contributed by atoms with Gasteiger partial charge in [-0.05, 0) is 51.3 Å². The molecule has 0 atom stereocenters. The van der Waals surface area contributed by atoms with Crippen molar-refractivity contribution in [3.05, 3.63) is 34.9 Å². The summed E-state index contributed by atoms with van der Waals surface area (Å²) in [6.45, 7) is 7.71. The molecule has 2 heteroatoms. The zero-order valence-corrected chi connectivity index (χ0v) is 11.8. The maximum atomic E-state index is 6.10. The molecule has 2 rings (SSSR count). The molecule has 0 bridgehead atoms. The van der Waals surface area contributed by atoms with Crippen molar-refractivity contribution >= 4 is 11.6 Å². The predicted octanol–water partition coefficient (Wildman–Crippen LogP) is 4.15. The summed E-state index contributed by atoms with van der Waals surface area (Å²) in [6, 6.07) is 8.36. The van der Waals surface area contributed by atoms with Gasteiger partial charge in [-0.25, -0.2) is 0 Å². The van der Waals surface area contributed by atoms with Gasteiger partial charge in [-0.15, -0.1) is 0 Å². The molecule has 1 aromatic rings. The first-order valence-electron chi connectivity index (χ1n) is 6.42. The van der Waals surface area contributed by atoms with Gasteiger partial charge >= 0.3 is 0 Å². The molecule has 0 unspecified atom stereocenters. The Morgan fingerprint density at radius 1 is 1.29 bits per heavy atom. The fraction of sp³-hybridized carbons (Fsp3) is 0.600. The van der Waals surface area contributed by atoms with E-state index < -0.39 is 0 Å². The summed E-state index contributed by atoms with van der Waals surface area (Å²) < 4.78 is 0. The van der Waals surface area contributed by atoms with Crippen LogP contribution in [0.15, 0.2) is 24.3 Å². The Morgan fingerprint density at radius 2 is 2.00 bits per heavy atom. The van der Waals surface area contributed by atoms with E-state index in [1.807, 2.05) is 6.07 Å². The van der Waals surface area contributed by atoms with Crippen LogP contribution in [0.25, 0.3) is 0 Å². The fourth-order valence-electron chi connectivity index (χ4n) is 2.42. The maximum Gasteiger partial charge on any atom is 0.0408 e. The van der Waals surface area contributed by atoms with Gasteiger partial charge in [0, 0.05) is 22.5 Å². The van der Waals surface area contributed by atoms with Crippen molar-refractivity contribution in [2.75, 3.05) is 6.54 Å². The third-order valence-electron chi connectivity index (χ3n) is 3.70. The molecule has 0 amide bonds. The van der Waals surface area contributed by atoms with Crippen LogP contribution in [0.5, 0.6) is 0 Å². The summed E-state index contributed by atoms with van der Waals surface area (Å²) >= 11 is 6.10. The number of nitrogens with one attached hydrogen (secondary N) is 1. The van der Waals surface area contributed by atoms with Gasteiger partial charge in [-0.3, -0.25) is 0 Å². The maximum absolute atomic E-state index is 6.10. The molecule has 0 saturated heterocycles. The first-order valence-corrected chi connectivity index (χ1v) is 6.80. The van der Waals surface area contributed by atoms with Crippen LogP contribution >= 0.6 is 11.6 Å². The lowest BCUT2D eigenvalue weighted by Gasteiger charge is -2.44. The molecule has 1 aromatic carbocycles. The predicted molar refractivity (Wildman–Crippen MR) is 74.7 cm³/mol. The summed E-state index contributed by atoms with van der Waals surface area (Å²) in [5.74, 6) is 0. The van der Waals surface area contributed by atoms with E-state index in [4.69, 9.17) is 11.6 Å². The van der Waals surface area contributed by atoms with E-state index in [0.29, 0.717) is 5.41 Å². The molecule has 0 heterocycles. The minimum absolute atomic E-state index is 0.182. The molecule has 1 saturated carbocycles. The van der Waals surface area contributed by atoms with Crippen LogP contribution in [-0.4, -0.2) is 12.1 Å². The van der Waals surface area contributed by atoms with Crippen LogP contribution in [-0.2, 0) is 5.41 Å². The first kappa shape index (κ1) is 12.9. The number of rotatable bonds is 3. The molecule has 1 aliphatic rings. The summed E-state index contributed by atoms with van der Waals surface area (Å²) in [5.41, 5.74) is 1.90. The van der Waals surface area contributed by atoms with Crippen molar-refractivity contribution in [2.24, 2.45) is 0 Å². The van der Waals surface area contributed by atoms with Gasteiger partial charge in [0.25, 0.3) is 0 Å². The number of benzene rings is 1. The number of halogens is 1. The van der Waals surface area contributed by atoms with E-state index >= 15 is 0 Å². The average molecular weight is 252 g/mol. The Labute approximate surface area is 110 Å². The Bertz CT molecular complexity index is 388. The molecule has 17 heavy (non-hydrogen) atoms. The SMILES string of the molecule is CC(C)(C)NCC1(c2cccc(Cl)c2)CCC1. The van der Waals surface area contributed by atoms with E-state index in [1.54, 1.807) is 0 Å². The molecule has 1 N–H and O–H groups in total. The van der Waals surface area contributed by atoms with Crippen LogP contribution in [0.3, 0.4) is 0 Å². The Kier molecular flexibility index (Phi) is 3.51. The highest BCUT2D eigenvalue weighted by atomic mass is 35.5. The van der Waals surface area contributed by atoms with Crippen LogP contribution < -0.4 is 5.32 Å². The summed E-state index contributed by atoms with van der Waals surface area (Å²) in [6.07, 6.45) is 3.88. The Morgan fingerprint density at radius 3 is 2.47 bits per heavy atom. The number of hydrogen-bond acceptors (Lipinski definition) is 1. The van der Waals surface area contributed by atoms with Crippen LogP contribution in [0.1, 0.15) is 45.6 Å². The topological polar surface area (TPSA) is 12.0 Å². The van der Waals surface area contributed by atoms with Gasteiger partial charge in [0.2, 0.25) is 0 Å². The van der Waals surface area contributed by atoms with E-state index in [-0.39, 0.29) is 5.54 Å². The highest BCUT2D eigenvalue weighted by Crippen LogP contribution is 2.44. The van der Waals surface area contributed by atoms with E-state index in [1.165, 1.54) is 24.8 Å². The smallest absolute Gasteiger partial charge is 0.0408 e. The van der Waals surface area contributed by atoms with Crippen LogP contribution in [0.4, 0.5) is 0 Å². The molecule has 0 aliphatic heterocycles. The molecule has 0 radical (unpaired) electrons. The van der Waals surface area contributed by atoms with Gasteiger partial charge in [-0.2, -0.15) is 0 Å². The van der Waals surface area contributed by atoms with E-state index in [2.05, 4.69) is 44.3 Å². The zero-order valence-electron chi connectivity index (χ0n) is 11.0. The van der Waals surface area contributed by atoms with E-state index in [0.717, 1.165) is 11.6 Å². The van der Waals surface area contributed by atoms with Gasteiger partial charge in [-0.1, -0.05) is 30.2 Å².